The molecule has 1 heterocycles. The summed E-state index contributed by atoms with van der Waals surface area (Å²) in [5, 5.41) is 0. The molecule has 5 heteroatoms. The molecule has 134 valence electrons. The summed E-state index contributed by atoms with van der Waals surface area (Å²) in [6, 6.07) is 10.2. The molecule has 1 aliphatic heterocycles. The van der Waals surface area contributed by atoms with Crippen molar-refractivity contribution in [1.82, 2.24) is 9.80 Å². The van der Waals surface area contributed by atoms with Crippen LogP contribution in [0, 0.1) is 0 Å². The topological polar surface area (TPSA) is 42.0 Å². The van der Waals surface area contributed by atoms with Crippen LogP contribution in [0.25, 0.3) is 0 Å². The van der Waals surface area contributed by atoms with Gasteiger partial charge < -0.3 is 14.4 Å². The quantitative estimate of drug-likeness (QED) is 0.802. The van der Waals surface area contributed by atoms with Crippen molar-refractivity contribution in [3.05, 3.63) is 35.9 Å². The van der Waals surface area contributed by atoms with Gasteiger partial charge in [-0.1, -0.05) is 30.3 Å². The highest BCUT2D eigenvalue weighted by atomic mass is 16.6. The average Bonchev–Trinajstić information content (AvgIpc) is 2.56. The number of hydrogen-bond donors (Lipinski definition) is 0. The fraction of sp³-hybridized carbons (Fsp3) is 0.632. The molecule has 0 bridgehead atoms. The SMILES string of the molecule is CC(C)(C)N(CCc1ccccc1)C(=O)OCCN1CCOCC1. The maximum Gasteiger partial charge on any atom is 0.410 e. The average molecular weight is 334 g/mol. The molecule has 0 aliphatic carbocycles. The fourth-order valence-electron chi connectivity index (χ4n) is 2.75. The Bertz CT molecular complexity index is 493. The highest BCUT2D eigenvalue weighted by molar-refractivity contribution is 5.68. The third-order valence-corrected chi connectivity index (χ3v) is 4.23. The van der Waals surface area contributed by atoms with Crippen LogP contribution in [-0.2, 0) is 15.9 Å². The predicted molar refractivity (Wildman–Crippen MR) is 95.2 cm³/mol. The Hall–Kier alpha value is -1.59. The monoisotopic (exact) mass is 334 g/mol. The maximum atomic E-state index is 12.5. The molecule has 0 unspecified atom stereocenters. The molecule has 1 fully saturated rings. The number of carbonyl (C=O) groups is 1. The van der Waals surface area contributed by atoms with Crippen LogP contribution in [0.4, 0.5) is 4.79 Å². The van der Waals surface area contributed by atoms with Gasteiger partial charge in [-0.2, -0.15) is 0 Å². The minimum Gasteiger partial charge on any atom is -0.448 e. The summed E-state index contributed by atoms with van der Waals surface area (Å²) in [5.74, 6) is 0. The standard InChI is InChI=1S/C19H30N2O3/c1-19(2,3)21(10-9-17-7-5-4-6-8-17)18(22)24-16-13-20-11-14-23-15-12-20/h4-8H,9-16H2,1-3H3. The van der Waals surface area contributed by atoms with Gasteiger partial charge in [0.05, 0.1) is 13.2 Å². The molecule has 0 N–H and O–H groups in total. The molecular formula is C19H30N2O3. The van der Waals surface area contributed by atoms with E-state index < -0.39 is 0 Å². The zero-order valence-electron chi connectivity index (χ0n) is 15.2. The van der Waals surface area contributed by atoms with Gasteiger partial charge in [-0.3, -0.25) is 4.90 Å². The Balaban J connectivity index is 1.81. The van der Waals surface area contributed by atoms with E-state index in [1.807, 2.05) is 43.9 Å². The summed E-state index contributed by atoms with van der Waals surface area (Å²) in [7, 11) is 0. The van der Waals surface area contributed by atoms with Crippen molar-refractivity contribution in [2.75, 3.05) is 46.0 Å². The van der Waals surface area contributed by atoms with Gasteiger partial charge in [0.1, 0.15) is 6.61 Å². The van der Waals surface area contributed by atoms with Crippen LogP contribution in [-0.4, -0.2) is 67.4 Å². The second-order valence-corrected chi connectivity index (χ2v) is 7.13. The second-order valence-electron chi connectivity index (χ2n) is 7.13. The lowest BCUT2D eigenvalue weighted by Gasteiger charge is -2.35. The van der Waals surface area contributed by atoms with E-state index in [-0.39, 0.29) is 11.6 Å². The van der Waals surface area contributed by atoms with Gasteiger partial charge in [-0.25, -0.2) is 4.79 Å². The van der Waals surface area contributed by atoms with Gasteiger partial charge in [0.15, 0.2) is 0 Å². The van der Waals surface area contributed by atoms with Crippen molar-refractivity contribution in [2.45, 2.75) is 32.7 Å². The predicted octanol–water partition coefficient (Wildman–Crippen LogP) is 2.80. The van der Waals surface area contributed by atoms with Crippen molar-refractivity contribution in [3.8, 4) is 0 Å². The molecular weight excluding hydrogens is 304 g/mol. The highest BCUT2D eigenvalue weighted by Gasteiger charge is 2.27. The molecule has 1 aliphatic rings. The first kappa shape index (κ1) is 18.7. The Morgan fingerprint density at radius 2 is 1.88 bits per heavy atom. The fourth-order valence-corrected chi connectivity index (χ4v) is 2.75. The van der Waals surface area contributed by atoms with E-state index in [0.29, 0.717) is 13.2 Å². The van der Waals surface area contributed by atoms with E-state index in [2.05, 4.69) is 17.0 Å². The zero-order chi connectivity index (χ0) is 17.4. The number of carbonyl (C=O) groups excluding carboxylic acids is 1. The van der Waals surface area contributed by atoms with E-state index in [1.165, 1.54) is 5.56 Å². The number of hydrogen-bond acceptors (Lipinski definition) is 4. The summed E-state index contributed by atoms with van der Waals surface area (Å²) in [6.07, 6.45) is 0.600. The lowest BCUT2D eigenvalue weighted by atomic mass is 10.1. The van der Waals surface area contributed by atoms with Crippen molar-refractivity contribution < 1.29 is 14.3 Å². The molecule has 1 saturated heterocycles. The van der Waals surface area contributed by atoms with Crippen molar-refractivity contribution in [2.24, 2.45) is 0 Å². The smallest absolute Gasteiger partial charge is 0.410 e. The summed E-state index contributed by atoms with van der Waals surface area (Å²) >= 11 is 0. The Morgan fingerprint density at radius 1 is 1.21 bits per heavy atom. The van der Waals surface area contributed by atoms with E-state index >= 15 is 0 Å². The molecule has 0 radical (unpaired) electrons. The summed E-state index contributed by atoms with van der Waals surface area (Å²) in [5.41, 5.74) is 0.970. The van der Waals surface area contributed by atoms with Gasteiger partial charge in [0, 0.05) is 31.7 Å². The van der Waals surface area contributed by atoms with Crippen LogP contribution in [0.2, 0.25) is 0 Å². The summed E-state index contributed by atoms with van der Waals surface area (Å²) in [4.78, 5) is 16.6. The zero-order valence-corrected chi connectivity index (χ0v) is 15.2. The van der Waals surface area contributed by atoms with Crippen molar-refractivity contribution in [1.29, 1.82) is 0 Å². The van der Waals surface area contributed by atoms with Gasteiger partial charge in [0.25, 0.3) is 0 Å². The minimum atomic E-state index is -0.259. The van der Waals surface area contributed by atoms with Crippen molar-refractivity contribution >= 4 is 6.09 Å². The number of amides is 1. The minimum absolute atomic E-state index is 0.230. The van der Waals surface area contributed by atoms with Crippen LogP contribution in [0.15, 0.2) is 30.3 Å². The first-order chi connectivity index (χ1) is 11.5. The first-order valence-electron chi connectivity index (χ1n) is 8.75. The molecule has 0 spiro atoms. The lowest BCUT2D eigenvalue weighted by molar-refractivity contribution is 0.0205. The van der Waals surface area contributed by atoms with Crippen LogP contribution in [0.5, 0.6) is 0 Å². The molecule has 0 atom stereocenters. The Kier molecular flexibility index (Phi) is 7.06. The number of nitrogens with zero attached hydrogens (tertiary/aromatic N) is 2. The molecule has 2 rings (SSSR count). The third kappa shape index (κ3) is 6.13. The molecule has 1 aromatic carbocycles. The van der Waals surface area contributed by atoms with Gasteiger partial charge >= 0.3 is 6.09 Å². The van der Waals surface area contributed by atoms with Gasteiger partial charge in [0.2, 0.25) is 0 Å². The van der Waals surface area contributed by atoms with Gasteiger partial charge in [-0.15, -0.1) is 0 Å². The van der Waals surface area contributed by atoms with E-state index in [1.54, 1.807) is 0 Å². The van der Waals surface area contributed by atoms with Gasteiger partial charge in [-0.05, 0) is 32.8 Å². The normalized spacial score (nSPS) is 16.0. The molecule has 1 amide bonds. The van der Waals surface area contributed by atoms with Crippen LogP contribution in [0.3, 0.4) is 0 Å². The lowest BCUT2D eigenvalue weighted by Crippen LogP contribution is -2.47. The highest BCUT2D eigenvalue weighted by Crippen LogP contribution is 2.16. The van der Waals surface area contributed by atoms with Crippen LogP contribution >= 0.6 is 0 Å². The number of rotatable bonds is 6. The summed E-state index contributed by atoms with van der Waals surface area (Å²) in [6.45, 7) is 11.3. The summed E-state index contributed by atoms with van der Waals surface area (Å²) < 4.78 is 10.9. The third-order valence-electron chi connectivity index (χ3n) is 4.23. The molecule has 0 saturated carbocycles. The Labute approximate surface area is 145 Å². The van der Waals surface area contributed by atoms with Crippen LogP contribution in [0.1, 0.15) is 26.3 Å². The molecule has 1 aromatic rings. The van der Waals surface area contributed by atoms with Crippen molar-refractivity contribution in [3.63, 3.8) is 0 Å². The molecule has 5 nitrogen and oxygen atoms in total. The molecule has 0 aromatic heterocycles. The number of morpholine rings is 1. The molecule has 24 heavy (non-hydrogen) atoms. The number of ether oxygens (including phenoxy) is 2. The van der Waals surface area contributed by atoms with E-state index in [0.717, 1.165) is 39.3 Å². The maximum absolute atomic E-state index is 12.5. The largest absolute Gasteiger partial charge is 0.448 e. The second kappa shape index (κ2) is 9.04. The van der Waals surface area contributed by atoms with E-state index in [9.17, 15) is 4.79 Å². The number of benzene rings is 1. The van der Waals surface area contributed by atoms with Crippen LogP contribution < -0.4 is 0 Å². The Morgan fingerprint density at radius 3 is 2.50 bits per heavy atom. The van der Waals surface area contributed by atoms with E-state index in [4.69, 9.17) is 9.47 Å². The first-order valence-corrected chi connectivity index (χ1v) is 8.75.